The number of carbonyl (C=O) groups excluding carboxylic acids is 3. The van der Waals surface area contributed by atoms with Gasteiger partial charge in [0.15, 0.2) is 6.10 Å². The SMILES string of the molecule is CC/C=C\C/C=C\C/C=C\C/C=C\C/C=C\C/C=C\CCCCCCC(=O)OCC(COC(=O)CCCC/C=C\C/C=C\C/C=C\C/C=C\CC)OC(=O)CCCCCC/C=C\C/C=C\C/C=C\C/C=C\CC. The predicted octanol–water partition coefficient (Wildman–Crippen LogP) is 19.5. The molecule has 0 aliphatic rings. The fraction of sp³-hybridized carbons (Fsp3) is 0.537. The van der Waals surface area contributed by atoms with Crippen LogP contribution in [0.25, 0.3) is 0 Å². The van der Waals surface area contributed by atoms with Gasteiger partial charge in [0, 0.05) is 19.3 Å². The molecular formula is C67H102O6. The highest BCUT2D eigenvalue weighted by molar-refractivity contribution is 5.71. The zero-order valence-corrected chi connectivity index (χ0v) is 46.3. The van der Waals surface area contributed by atoms with Crippen LogP contribution in [-0.4, -0.2) is 37.2 Å². The van der Waals surface area contributed by atoms with Crippen molar-refractivity contribution in [1.29, 1.82) is 0 Å². The molecule has 0 aromatic carbocycles. The molecule has 6 heteroatoms. The van der Waals surface area contributed by atoms with Gasteiger partial charge in [0.05, 0.1) is 0 Å². The van der Waals surface area contributed by atoms with Crippen molar-refractivity contribution in [2.75, 3.05) is 13.2 Å². The van der Waals surface area contributed by atoms with E-state index >= 15 is 0 Å². The smallest absolute Gasteiger partial charge is 0.306 e. The van der Waals surface area contributed by atoms with Gasteiger partial charge in [-0.1, -0.05) is 217 Å². The molecule has 0 fully saturated rings. The van der Waals surface area contributed by atoms with Gasteiger partial charge in [0.25, 0.3) is 0 Å². The van der Waals surface area contributed by atoms with Gasteiger partial charge < -0.3 is 14.2 Å². The summed E-state index contributed by atoms with van der Waals surface area (Å²) < 4.78 is 16.8. The van der Waals surface area contributed by atoms with Crippen molar-refractivity contribution in [1.82, 2.24) is 0 Å². The van der Waals surface area contributed by atoms with Gasteiger partial charge in [-0.3, -0.25) is 14.4 Å². The largest absolute Gasteiger partial charge is 0.462 e. The van der Waals surface area contributed by atoms with Gasteiger partial charge in [-0.05, 0) is 148 Å². The highest BCUT2D eigenvalue weighted by atomic mass is 16.6. The van der Waals surface area contributed by atoms with E-state index in [2.05, 4.69) is 191 Å². The van der Waals surface area contributed by atoms with Gasteiger partial charge in [0.1, 0.15) is 13.2 Å². The van der Waals surface area contributed by atoms with Crippen molar-refractivity contribution in [3.63, 3.8) is 0 Å². The Morgan fingerprint density at radius 1 is 0.274 bits per heavy atom. The number of allylic oxidation sites excluding steroid dienone is 28. The fourth-order valence-corrected chi connectivity index (χ4v) is 7.01. The monoisotopic (exact) mass is 1000 g/mol. The number of unbranched alkanes of at least 4 members (excludes halogenated alkanes) is 10. The Morgan fingerprint density at radius 3 is 0.781 bits per heavy atom. The van der Waals surface area contributed by atoms with Gasteiger partial charge in [-0.2, -0.15) is 0 Å². The molecule has 0 spiro atoms. The Balaban J connectivity index is 4.56. The molecule has 0 aromatic heterocycles. The minimum atomic E-state index is -0.829. The molecule has 0 saturated heterocycles. The second kappa shape index (κ2) is 59.3. The number of rotatable bonds is 49. The zero-order chi connectivity index (χ0) is 52.9. The van der Waals surface area contributed by atoms with E-state index in [0.29, 0.717) is 12.8 Å². The summed E-state index contributed by atoms with van der Waals surface area (Å²) in [6.07, 6.45) is 87.7. The molecule has 0 radical (unpaired) electrons. The first-order valence-corrected chi connectivity index (χ1v) is 28.6. The topological polar surface area (TPSA) is 78.9 Å². The van der Waals surface area contributed by atoms with Crippen molar-refractivity contribution >= 4 is 17.9 Å². The van der Waals surface area contributed by atoms with Crippen LogP contribution in [0, 0.1) is 0 Å². The normalized spacial score (nSPS) is 13.4. The Hall–Kier alpha value is -5.23. The molecule has 1 atom stereocenters. The van der Waals surface area contributed by atoms with Crippen LogP contribution in [0.15, 0.2) is 170 Å². The Bertz CT molecular complexity index is 1720. The predicted molar refractivity (Wildman–Crippen MR) is 315 cm³/mol. The first-order valence-electron chi connectivity index (χ1n) is 28.6. The van der Waals surface area contributed by atoms with Crippen molar-refractivity contribution in [2.45, 2.75) is 219 Å². The lowest BCUT2D eigenvalue weighted by molar-refractivity contribution is -0.167. The summed E-state index contributed by atoms with van der Waals surface area (Å²) in [7, 11) is 0. The molecule has 0 bridgehead atoms. The summed E-state index contributed by atoms with van der Waals surface area (Å²) >= 11 is 0. The molecule has 0 heterocycles. The minimum absolute atomic E-state index is 0.124. The fourth-order valence-electron chi connectivity index (χ4n) is 7.01. The lowest BCUT2D eigenvalue weighted by Gasteiger charge is -2.18. The lowest BCUT2D eigenvalue weighted by atomic mass is 10.1. The molecule has 6 nitrogen and oxygen atoms in total. The summed E-state index contributed by atoms with van der Waals surface area (Å²) in [5.74, 6) is -1.02. The average Bonchev–Trinajstić information content (AvgIpc) is 3.39. The number of hydrogen-bond acceptors (Lipinski definition) is 6. The molecule has 0 saturated carbocycles. The maximum absolute atomic E-state index is 12.9. The van der Waals surface area contributed by atoms with Crippen LogP contribution >= 0.6 is 0 Å². The van der Waals surface area contributed by atoms with E-state index in [1.807, 2.05) is 0 Å². The summed E-state index contributed by atoms with van der Waals surface area (Å²) in [5.41, 5.74) is 0. The average molecular weight is 1000 g/mol. The third-order valence-electron chi connectivity index (χ3n) is 11.2. The Kier molecular flexibility index (Phi) is 55.1. The number of ether oxygens (including phenoxy) is 3. The van der Waals surface area contributed by atoms with E-state index in [9.17, 15) is 14.4 Å². The summed E-state index contributed by atoms with van der Waals surface area (Å²) in [4.78, 5) is 38.2. The molecule has 406 valence electrons. The lowest BCUT2D eigenvalue weighted by Crippen LogP contribution is -2.30. The van der Waals surface area contributed by atoms with Crippen LogP contribution in [-0.2, 0) is 28.6 Å². The van der Waals surface area contributed by atoms with E-state index in [1.165, 1.54) is 0 Å². The van der Waals surface area contributed by atoms with Gasteiger partial charge in [0.2, 0.25) is 0 Å². The van der Waals surface area contributed by atoms with Crippen LogP contribution in [0.4, 0.5) is 0 Å². The number of esters is 3. The van der Waals surface area contributed by atoms with Gasteiger partial charge in [-0.15, -0.1) is 0 Å². The Morgan fingerprint density at radius 2 is 0.493 bits per heavy atom. The van der Waals surface area contributed by atoms with E-state index in [1.54, 1.807) is 0 Å². The first kappa shape index (κ1) is 67.8. The third-order valence-corrected chi connectivity index (χ3v) is 11.2. The molecule has 73 heavy (non-hydrogen) atoms. The molecule has 0 aliphatic heterocycles. The highest BCUT2D eigenvalue weighted by Gasteiger charge is 2.19. The molecule has 0 aliphatic carbocycles. The van der Waals surface area contributed by atoms with Crippen LogP contribution in [0.1, 0.15) is 213 Å². The van der Waals surface area contributed by atoms with Crippen molar-refractivity contribution in [3.8, 4) is 0 Å². The molecule has 0 aromatic rings. The van der Waals surface area contributed by atoms with Gasteiger partial charge in [-0.25, -0.2) is 0 Å². The van der Waals surface area contributed by atoms with Crippen LogP contribution < -0.4 is 0 Å². The minimum Gasteiger partial charge on any atom is -0.462 e. The van der Waals surface area contributed by atoms with Gasteiger partial charge >= 0.3 is 17.9 Å². The van der Waals surface area contributed by atoms with E-state index in [-0.39, 0.29) is 44.0 Å². The van der Waals surface area contributed by atoms with Crippen molar-refractivity contribution in [2.24, 2.45) is 0 Å². The van der Waals surface area contributed by atoms with Crippen LogP contribution in [0.3, 0.4) is 0 Å². The van der Waals surface area contributed by atoms with Crippen LogP contribution in [0.2, 0.25) is 0 Å². The van der Waals surface area contributed by atoms with E-state index < -0.39 is 6.10 Å². The number of carbonyl (C=O) groups is 3. The third kappa shape index (κ3) is 57.5. The standard InChI is InChI=1S/C67H102O6/c1-4-7-10-13-16-19-22-25-28-30-31-32-33-34-35-37-39-42-45-48-51-54-57-60-66(69)72-63-64(62-71-65(68)59-56-53-50-47-44-41-38-27-24-21-18-15-12-9-6-3)73-67(70)61-58-55-52-49-46-43-40-36-29-26-23-20-17-14-11-8-5-2/h7-12,16-21,25-29,31-32,34-35,38-40,42-44,47,64H,4-6,13-15,22-24,30,33,36-37,41,45-46,48-63H2,1-3H3/b10-7-,11-8-,12-9-,19-16-,20-17-,21-18-,28-25-,29-26-,32-31-,35-34-,38-27-,42-39-,43-40-,47-44-. The maximum atomic E-state index is 12.9. The summed E-state index contributed by atoms with van der Waals surface area (Å²) in [6.45, 7) is 6.20. The number of hydrogen-bond donors (Lipinski definition) is 0. The quantitative estimate of drug-likeness (QED) is 0.0261. The molecule has 1 unspecified atom stereocenters. The molecule has 0 N–H and O–H groups in total. The molecule has 0 rings (SSSR count). The van der Waals surface area contributed by atoms with E-state index in [4.69, 9.17) is 14.2 Å². The second-order valence-corrected chi connectivity index (χ2v) is 18.0. The summed E-state index contributed by atoms with van der Waals surface area (Å²) in [6, 6.07) is 0. The highest BCUT2D eigenvalue weighted by Crippen LogP contribution is 2.12. The molecule has 0 amide bonds. The van der Waals surface area contributed by atoms with E-state index in [0.717, 1.165) is 167 Å². The first-order chi connectivity index (χ1) is 36.0. The molecular weight excluding hydrogens is 901 g/mol. The maximum Gasteiger partial charge on any atom is 0.306 e. The zero-order valence-electron chi connectivity index (χ0n) is 46.3. The van der Waals surface area contributed by atoms with Crippen molar-refractivity contribution in [3.05, 3.63) is 170 Å². The van der Waals surface area contributed by atoms with Crippen LogP contribution in [0.5, 0.6) is 0 Å². The second-order valence-electron chi connectivity index (χ2n) is 18.0. The Labute approximate surface area is 447 Å². The summed E-state index contributed by atoms with van der Waals surface area (Å²) in [5, 5.41) is 0. The van der Waals surface area contributed by atoms with Crippen molar-refractivity contribution < 1.29 is 28.6 Å².